The Morgan fingerprint density at radius 3 is 2.42 bits per heavy atom. The van der Waals surface area contributed by atoms with Crippen molar-refractivity contribution in [3.63, 3.8) is 0 Å². The third-order valence-electron chi connectivity index (χ3n) is 4.82. The van der Waals surface area contributed by atoms with E-state index in [1.807, 2.05) is 19.9 Å². The molecule has 1 aromatic rings. The number of methoxy groups -OCH3 is 2. The predicted molar refractivity (Wildman–Crippen MR) is 99.3 cm³/mol. The zero-order chi connectivity index (χ0) is 19.3. The molecule has 144 valence electrons. The number of benzene rings is 1. The Labute approximate surface area is 155 Å². The van der Waals surface area contributed by atoms with Crippen molar-refractivity contribution in [2.45, 2.75) is 38.8 Å². The fourth-order valence-electron chi connectivity index (χ4n) is 3.39. The van der Waals surface area contributed by atoms with Gasteiger partial charge in [-0.25, -0.2) is 0 Å². The summed E-state index contributed by atoms with van der Waals surface area (Å²) in [7, 11) is 3.12. The minimum absolute atomic E-state index is 0.0244. The first-order valence-electron chi connectivity index (χ1n) is 8.99. The topological polar surface area (TPSA) is 85.1 Å². The minimum atomic E-state index is -0.474. The average Bonchev–Trinajstić information content (AvgIpc) is 3.04. The maximum atomic E-state index is 12.9. The molecule has 0 aliphatic carbocycles. The molecule has 0 unspecified atom stereocenters. The number of rotatable bonds is 7. The lowest BCUT2D eigenvalue weighted by atomic mass is 10.1. The van der Waals surface area contributed by atoms with Crippen LogP contribution in [0.25, 0.3) is 0 Å². The number of ether oxygens (including phenoxy) is 2. The molecule has 0 aromatic heterocycles. The molecule has 1 aromatic carbocycles. The van der Waals surface area contributed by atoms with Gasteiger partial charge in [-0.15, -0.1) is 0 Å². The molecule has 0 bridgehead atoms. The number of nitrogens with zero attached hydrogens (tertiary/aromatic N) is 2. The van der Waals surface area contributed by atoms with Gasteiger partial charge in [0.2, 0.25) is 11.8 Å². The van der Waals surface area contributed by atoms with E-state index in [9.17, 15) is 9.59 Å². The summed E-state index contributed by atoms with van der Waals surface area (Å²) in [5.41, 5.74) is 6.86. The zero-order valence-corrected chi connectivity index (χ0v) is 16.0. The van der Waals surface area contributed by atoms with Gasteiger partial charge in [-0.05, 0) is 38.0 Å². The van der Waals surface area contributed by atoms with Crippen molar-refractivity contribution in [3.8, 4) is 11.5 Å². The summed E-state index contributed by atoms with van der Waals surface area (Å²) in [5.74, 6) is 1.06. The number of carbonyl (C=O) groups is 2. The molecular weight excluding hydrogens is 334 g/mol. The van der Waals surface area contributed by atoms with Crippen LogP contribution in [0.4, 0.5) is 0 Å². The van der Waals surface area contributed by atoms with Gasteiger partial charge in [0.15, 0.2) is 11.5 Å². The maximum absolute atomic E-state index is 12.9. The molecule has 2 amide bonds. The van der Waals surface area contributed by atoms with E-state index in [1.54, 1.807) is 36.2 Å². The highest BCUT2D eigenvalue weighted by atomic mass is 16.5. The molecule has 1 aliphatic heterocycles. The van der Waals surface area contributed by atoms with Crippen LogP contribution in [-0.4, -0.2) is 67.6 Å². The summed E-state index contributed by atoms with van der Waals surface area (Å²) in [6.45, 7) is 5.53. The van der Waals surface area contributed by atoms with E-state index in [2.05, 4.69) is 0 Å². The van der Waals surface area contributed by atoms with Crippen LogP contribution in [0.3, 0.4) is 0 Å². The van der Waals surface area contributed by atoms with Gasteiger partial charge in [0.25, 0.3) is 0 Å². The molecule has 2 N–H and O–H groups in total. The van der Waals surface area contributed by atoms with Crippen molar-refractivity contribution in [2.24, 2.45) is 5.73 Å². The predicted octanol–water partition coefficient (Wildman–Crippen LogP) is 1.04. The van der Waals surface area contributed by atoms with Crippen LogP contribution in [0.2, 0.25) is 0 Å². The average molecular weight is 363 g/mol. The number of nitrogens with two attached hydrogens (primary N) is 1. The van der Waals surface area contributed by atoms with Crippen molar-refractivity contribution in [1.29, 1.82) is 0 Å². The summed E-state index contributed by atoms with van der Waals surface area (Å²) >= 11 is 0. The molecular formula is C19H29N3O4. The lowest BCUT2D eigenvalue weighted by molar-refractivity contribution is -0.143. The first kappa shape index (κ1) is 20.0. The summed E-state index contributed by atoms with van der Waals surface area (Å²) in [5, 5.41) is 0. The summed E-state index contributed by atoms with van der Waals surface area (Å²) in [6, 6.07) is 4.74. The highest BCUT2D eigenvalue weighted by Gasteiger charge is 2.39. The second-order valence-corrected chi connectivity index (χ2v) is 6.43. The van der Waals surface area contributed by atoms with Gasteiger partial charge < -0.3 is 25.0 Å². The van der Waals surface area contributed by atoms with Gasteiger partial charge in [0, 0.05) is 25.7 Å². The summed E-state index contributed by atoms with van der Waals surface area (Å²) in [6.07, 6.45) is 0.697. The van der Waals surface area contributed by atoms with Gasteiger partial charge in [-0.2, -0.15) is 0 Å². The van der Waals surface area contributed by atoms with Gasteiger partial charge in [-0.3, -0.25) is 9.59 Å². The van der Waals surface area contributed by atoms with Gasteiger partial charge in [0.1, 0.15) is 6.04 Å². The second-order valence-electron chi connectivity index (χ2n) is 6.43. The molecule has 2 rings (SSSR count). The van der Waals surface area contributed by atoms with Crippen molar-refractivity contribution in [1.82, 2.24) is 9.80 Å². The Balaban J connectivity index is 2.15. The molecule has 1 aliphatic rings. The normalized spacial score (nSPS) is 19.3. The van der Waals surface area contributed by atoms with Crippen LogP contribution in [0, 0.1) is 0 Å². The zero-order valence-electron chi connectivity index (χ0n) is 16.0. The van der Waals surface area contributed by atoms with Crippen LogP contribution in [-0.2, 0) is 16.0 Å². The molecule has 26 heavy (non-hydrogen) atoms. The fourth-order valence-corrected chi connectivity index (χ4v) is 3.39. The molecule has 0 radical (unpaired) electrons. The molecule has 1 fully saturated rings. The van der Waals surface area contributed by atoms with E-state index in [1.165, 1.54) is 0 Å². The molecule has 7 heteroatoms. The van der Waals surface area contributed by atoms with E-state index in [-0.39, 0.29) is 24.3 Å². The number of carbonyl (C=O) groups excluding carboxylic acids is 2. The number of hydrogen-bond donors (Lipinski definition) is 1. The monoisotopic (exact) mass is 363 g/mol. The third-order valence-corrected chi connectivity index (χ3v) is 4.82. The largest absolute Gasteiger partial charge is 0.493 e. The Bertz CT molecular complexity index is 646. The SMILES string of the molecule is CCN(CC)C(=O)[C@@H]1C[C@@H](N)CN1C(=O)Cc1ccc(OC)c(OC)c1. The van der Waals surface area contributed by atoms with E-state index in [0.717, 1.165) is 5.56 Å². The molecule has 2 atom stereocenters. The quantitative estimate of drug-likeness (QED) is 0.782. The van der Waals surface area contributed by atoms with Crippen molar-refractivity contribution in [3.05, 3.63) is 23.8 Å². The minimum Gasteiger partial charge on any atom is -0.493 e. The third kappa shape index (κ3) is 4.27. The molecule has 0 spiro atoms. The fraction of sp³-hybridized carbons (Fsp3) is 0.579. The van der Waals surface area contributed by atoms with E-state index in [0.29, 0.717) is 37.6 Å². The highest BCUT2D eigenvalue weighted by Crippen LogP contribution is 2.28. The standard InChI is InChI=1S/C19H29N3O4/c1-5-21(6-2)19(24)15-11-14(20)12-22(15)18(23)10-13-7-8-16(25-3)17(9-13)26-4/h7-9,14-15H,5-6,10-12,20H2,1-4H3/t14-,15+/m1/s1. The number of hydrogen-bond acceptors (Lipinski definition) is 5. The first-order chi connectivity index (χ1) is 12.4. The molecule has 1 heterocycles. The van der Waals surface area contributed by atoms with E-state index in [4.69, 9.17) is 15.2 Å². The van der Waals surface area contributed by atoms with Crippen LogP contribution in [0.1, 0.15) is 25.8 Å². The van der Waals surface area contributed by atoms with E-state index < -0.39 is 6.04 Å². The van der Waals surface area contributed by atoms with Crippen LogP contribution in [0.5, 0.6) is 11.5 Å². The lowest BCUT2D eigenvalue weighted by Gasteiger charge is -2.29. The number of likely N-dealkylation sites (tertiary alicyclic amines) is 1. The smallest absolute Gasteiger partial charge is 0.245 e. The Hall–Kier alpha value is -2.28. The lowest BCUT2D eigenvalue weighted by Crippen LogP contribution is -2.48. The molecule has 7 nitrogen and oxygen atoms in total. The summed E-state index contributed by atoms with van der Waals surface area (Å²) in [4.78, 5) is 29.0. The Morgan fingerprint density at radius 1 is 1.19 bits per heavy atom. The highest BCUT2D eigenvalue weighted by molar-refractivity contribution is 5.89. The first-order valence-corrected chi connectivity index (χ1v) is 8.99. The maximum Gasteiger partial charge on any atom is 0.245 e. The van der Waals surface area contributed by atoms with Crippen LogP contribution in [0.15, 0.2) is 18.2 Å². The van der Waals surface area contributed by atoms with Gasteiger partial charge in [-0.1, -0.05) is 6.07 Å². The van der Waals surface area contributed by atoms with Crippen LogP contribution < -0.4 is 15.2 Å². The second kappa shape index (κ2) is 8.89. The number of likely N-dealkylation sites (N-methyl/N-ethyl adjacent to an activating group) is 1. The molecule has 0 saturated carbocycles. The van der Waals surface area contributed by atoms with Crippen LogP contribution >= 0.6 is 0 Å². The number of amides is 2. The van der Waals surface area contributed by atoms with E-state index >= 15 is 0 Å². The molecule has 1 saturated heterocycles. The summed E-state index contributed by atoms with van der Waals surface area (Å²) < 4.78 is 10.5. The van der Waals surface area contributed by atoms with Gasteiger partial charge in [0.05, 0.1) is 20.6 Å². The Kier molecular flexibility index (Phi) is 6.85. The van der Waals surface area contributed by atoms with Gasteiger partial charge >= 0.3 is 0 Å². The van der Waals surface area contributed by atoms with Crippen molar-refractivity contribution < 1.29 is 19.1 Å². The van der Waals surface area contributed by atoms with Crippen molar-refractivity contribution >= 4 is 11.8 Å². The van der Waals surface area contributed by atoms with Crippen molar-refractivity contribution in [2.75, 3.05) is 33.9 Å². The Morgan fingerprint density at radius 2 is 1.85 bits per heavy atom.